The van der Waals surface area contributed by atoms with Gasteiger partial charge in [-0.3, -0.25) is 0 Å². The summed E-state index contributed by atoms with van der Waals surface area (Å²) in [6.45, 7) is 3.74. The van der Waals surface area contributed by atoms with Crippen LogP contribution in [0.2, 0.25) is 5.15 Å². The molecule has 14 heavy (non-hydrogen) atoms. The molecule has 0 saturated carbocycles. The molecule has 0 bridgehead atoms. The molecule has 0 N–H and O–H groups in total. The molecule has 0 saturated heterocycles. The summed E-state index contributed by atoms with van der Waals surface area (Å²) in [7, 11) is 0. The highest BCUT2D eigenvalue weighted by Crippen LogP contribution is 2.11. The van der Waals surface area contributed by atoms with Crippen LogP contribution in [0.15, 0.2) is 6.20 Å². The molecule has 0 aliphatic rings. The molecule has 0 spiro atoms. The van der Waals surface area contributed by atoms with Gasteiger partial charge in [0.15, 0.2) is 10.8 Å². The van der Waals surface area contributed by atoms with E-state index in [1.54, 1.807) is 13.8 Å². The van der Waals surface area contributed by atoms with Gasteiger partial charge >= 0.3 is 5.97 Å². The van der Waals surface area contributed by atoms with Gasteiger partial charge in [0.05, 0.1) is 12.3 Å². The summed E-state index contributed by atoms with van der Waals surface area (Å²) < 4.78 is 4.74. The van der Waals surface area contributed by atoms with Gasteiger partial charge in [-0.15, -0.1) is 0 Å². The normalized spacial score (nSPS) is 9.07. The largest absolute Gasteiger partial charge is 0.461 e. The number of esters is 1. The highest BCUT2D eigenvalue weighted by molar-refractivity contribution is 6.32. The first kappa shape index (κ1) is 12.8. The number of hydrogen-bond acceptors (Lipinski definition) is 4. The lowest BCUT2D eigenvalue weighted by Crippen LogP contribution is -2.09. The molecule has 1 rings (SSSR count). The average Bonchev–Trinajstić information content (AvgIpc) is 2.09. The van der Waals surface area contributed by atoms with Crippen LogP contribution < -0.4 is 0 Å². The molecule has 1 heterocycles. The number of nitrogens with zero attached hydrogens (tertiary/aromatic N) is 2. The van der Waals surface area contributed by atoms with Crippen LogP contribution in [-0.2, 0) is 4.74 Å². The second kappa shape index (κ2) is 5.54. The van der Waals surface area contributed by atoms with Crippen LogP contribution in [-0.4, -0.2) is 22.5 Å². The zero-order valence-corrected chi connectivity index (χ0v) is 8.13. The molecule has 0 unspecified atom stereocenters. The maximum atomic E-state index is 11.2. The molecular formula is C9H13ClN2O2. The molecule has 78 valence electrons. The Bertz CT molecular complexity index is 329. The van der Waals surface area contributed by atoms with E-state index in [1.807, 2.05) is 0 Å². The van der Waals surface area contributed by atoms with Gasteiger partial charge in [-0.25, -0.2) is 14.8 Å². The number of halogens is 1. The molecule has 0 atom stereocenters. The van der Waals surface area contributed by atoms with E-state index < -0.39 is 5.97 Å². The summed E-state index contributed by atoms with van der Waals surface area (Å²) in [6, 6.07) is 0. The van der Waals surface area contributed by atoms with E-state index in [4.69, 9.17) is 16.3 Å². The lowest BCUT2D eigenvalue weighted by atomic mass is 10.4. The first-order valence-electron chi connectivity index (χ1n) is 3.81. The van der Waals surface area contributed by atoms with Crippen molar-refractivity contribution in [2.24, 2.45) is 0 Å². The lowest BCUT2D eigenvalue weighted by molar-refractivity contribution is 0.0519. The van der Waals surface area contributed by atoms with Gasteiger partial charge in [-0.1, -0.05) is 19.0 Å². The highest BCUT2D eigenvalue weighted by Gasteiger charge is 2.14. The van der Waals surface area contributed by atoms with Crippen molar-refractivity contribution in [3.8, 4) is 0 Å². The Kier molecular flexibility index (Phi) is 5.09. The molecule has 0 aliphatic heterocycles. The Morgan fingerprint density at radius 1 is 1.64 bits per heavy atom. The minimum atomic E-state index is -0.538. The Balaban J connectivity index is 0.00000169. The monoisotopic (exact) mass is 216 g/mol. The van der Waals surface area contributed by atoms with Crippen molar-refractivity contribution in [3.05, 3.63) is 22.7 Å². The van der Waals surface area contributed by atoms with Crippen LogP contribution in [0.4, 0.5) is 0 Å². The fourth-order valence-corrected chi connectivity index (χ4v) is 0.960. The van der Waals surface area contributed by atoms with Crippen LogP contribution in [0, 0.1) is 6.92 Å². The predicted octanol–water partition coefficient (Wildman–Crippen LogP) is 2.25. The highest BCUT2D eigenvalue weighted by atomic mass is 35.5. The Morgan fingerprint density at radius 2 is 2.29 bits per heavy atom. The quantitative estimate of drug-likeness (QED) is 0.712. The van der Waals surface area contributed by atoms with E-state index in [2.05, 4.69) is 9.97 Å². The van der Waals surface area contributed by atoms with E-state index in [-0.39, 0.29) is 18.3 Å². The summed E-state index contributed by atoms with van der Waals surface area (Å²) in [4.78, 5) is 18.9. The number of ether oxygens (including phenoxy) is 1. The Morgan fingerprint density at radius 3 is 2.86 bits per heavy atom. The smallest absolute Gasteiger partial charge is 0.360 e. The van der Waals surface area contributed by atoms with Gasteiger partial charge in [-0.2, -0.15) is 0 Å². The fraction of sp³-hybridized carbons (Fsp3) is 0.444. The van der Waals surface area contributed by atoms with Crippen molar-refractivity contribution < 1.29 is 9.53 Å². The third-order valence-corrected chi connectivity index (χ3v) is 1.59. The molecule has 0 radical (unpaired) electrons. The maximum absolute atomic E-state index is 11.2. The van der Waals surface area contributed by atoms with Crippen molar-refractivity contribution in [2.75, 3.05) is 6.61 Å². The maximum Gasteiger partial charge on any atom is 0.360 e. The van der Waals surface area contributed by atoms with Gasteiger partial charge in [0.1, 0.15) is 0 Å². The number of carbonyl (C=O) groups excluding carboxylic acids is 1. The number of carbonyl (C=O) groups is 1. The third kappa shape index (κ3) is 2.96. The van der Waals surface area contributed by atoms with E-state index in [1.165, 1.54) is 6.20 Å². The predicted molar refractivity (Wildman–Crippen MR) is 54.5 cm³/mol. The minimum absolute atomic E-state index is 0. The van der Waals surface area contributed by atoms with Crippen molar-refractivity contribution >= 4 is 17.6 Å². The molecule has 0 amide bonds. The zero-order chi connectivity index (χ0) is 9.84. The van der Waals surface area contributed by atoms with Crippen molar-refractivity contribution in [1.29, 1.82) is 0 Å². The second-order valence-electron chi connectivity index (χ2n) is 2.37. The summed E-state index contributed by atoms with van der Waals surface area (Å²) >= 11 is 5.65. The van der Waals surface area contributed by atoms with Crippen molar-refractivity contribution in [3.63, 3.8) is 0 Å². The first-order chi connectivity index (χ1) is 6.15. The van der Waals surface area contributed by atoms with Gasteiger partial charge < -0.3 is 4.74 Å². The van der Waals surface area contributed by atoms with Gasteiger partial charge in [0.2, 0.25) is 0 Å². The number of rotatable bonds is 2. The second-order valence-corrected chi connectivity index (χ2v) is 2.73. The van der Waals surface area contributed by atoms with Crippen LogP contribution in [0.3, 0.4) is 0 Å². The number of hydrogen-bond donors (Lipinski definition) is 0. The van der Waals surface area contributed by atoms with Gasteiger partial charge in [0.25, 0.3) is 0 Å². The summed E-state index contributed by atoms with van der Waals surface area (Å²) in [5.74, 6) is -0.538. The summed E-state index contributed by atoms with van der Waals surface area (Å²) in [5, 5.41) is 0.0732. The first-order valence-corrected chi connectivity index (χ1v) is 4.19. The van der Waals surface area contributed by atoms with Crippen LogP contribution in [0.25, 0.3) is 0 Å². The summed E-state index contributed by atoms with van der Waals surface area (Å²) in [5.41, 5.74) is 0.705. The molecule has 0 aromatic carbocycles. The van der Waals surface area contributed by atoms with E-state index >= 15 is 0 Å². The van der Waals surface area contributed by atoms with Gasteiger partial charge in [0, 0.05) is 6.20 Å². The molecule has 1 aromatic heterocycles. The lowest BCUT2D eigenvalue weighted by Gasteiger charge is -2.02. The molecular weight excluding hydrogens is 204 g/mol. The number of aromatic nitrogens is 2. The zero-order valence-electron chi connectivity index (χ0n) is 7.37. The SMILES string of the molecule is C.CCOC(=O)c1nc(C)cnc1Cl. The van der Waals surface area contributed by atoms with Crippen molar-refractivity contribution in [2.45, 2.75) is 21.3 Å². The van der Waals surface area contributed by atoms with Gasteiger partial charge in [-0.05, 0) is 13.8 Å². The topological polar surface area (TPSA) is 52.1 Å². The summed E-state index contributed by atoms with van der Waals surface area (Å²) in [6.07, 6.45) is 1.49. The van der Waals surface area contributed by atoms with Crippen LogP contribution >= 0.6 is 11.6 Å². The van der Waals surface area contributed by atoms with Crippen LogP contribution in [0.1, 0.15) is 30.5 Å². The van der Waals surface area contributed by atoms with Crippen LogP contribution in [0.5, 0.6) is 0 Å². The fourth-order valence-electron chi connectivity index (χ4n) is 0.792. The Labute approximate surface area is 88.3 Å². The van der Waals surface area contributed by atoms with E-state index in [0.29, 0.717) is 12.3 Å². The Hall–Kier alpha value is -1.16. The average molecular weight is 217 g/mol. The van der Waals surface area contributed by atoms with E-state index in [0.717, 1.165) is 0 Å². The standard InChI is InChI=1S/C8H9ClN2O2.CH4/c1-3-13-8(12)6-7(9)10-4-5(2)11-6;/h4H,3H2,1-2H3;1H4. The molecule has 0 aliphatic carbocycles. The third-order valence-electron chi connectivity index (χ3n) is 1.32. The number of aryl methyl sites for hydroxylation is 1. The molecule has 0 fully saturated rings. The van der Waals surface area contributed by atoms with Crippen molar-refractivity contribution in [1.82, 2.24) is 9.97 Å². The molecule has 5 heteroatoms. The molecule has 4 nitrogen and oxygen atoms in total. The van der Waals surface area contributed by atoms with E-state index in [9.17, 15) is 4.79 Å². The minimum Gasteiger partial charge on any atom is -0.461 e. The molecule has 1 aromatic rings.